The first-order chi connectivity index (χ1) is 20.9. The van der Waals surface area contributed by atoms with E-state index in [1.807, 2.05) is 79.9 Å². The van der Waals surface area contributed by atoms with Crippen LogP contribution in [0.5, 0.6) is 5.75 Å². The maximum Gasteiger partial charge on any atom is 0.326 e. The van der Waals surface area contributed by atoms with Gasteiger partial charge in [-0.2, -0.15) is 11.8 Å². The first kappa shape index (κ1) is 32.6. The van der Waals surface area contributed by atoms with Crippen LogP contribution in [0.2, 0.25) is 0 Å². The van der Waals surface area contributed by atoms with Gasteiger partial charge in [-0.3, -0.25) is 9.69 Å². The van der Waals surface area contributed by atoms with Crippen molar-refractivity contribution in [2.24, 2.45) is 5.92 Å². The Morgan fingerprint density at radius 1 is 1.00 bits per heavy atom. The van der Waals surface area contributed by atoms with Crippen molar-refractivity contribution in [2.75, 3.05) is 25.7 Å². The van der Waals surface area contributed by atoms with Crippen molar-refractivity contribution in [3.63, 3.8) is 0 Å². The fraction of sp³-hybridized carbons (Fsp3) is 0.444. The van der Waals surface area contributed by atoms with Gasteiger partial charge >= 0.3 is 5.97 Å². The van der Waals surface area contributed by atoms with E-state index in [4.69, 9.17) is 4.74 Å². The number of rotatable bonds is 15. The summed E-state index contributed by atoms with van der Waals surface area (Å²) in [7, 11) is 2.17. The van der Waals surface area contributed by atoms with Crippen molar-refractivity contribution >= 4 is 23.6 Å². The Hall–Kier alpha value is -3.29. The lowest BCUT2D eigenvalue weighted by atomic mass is 9.84. The summed E-state index contributed by atoms with van der Waals surface area (Å²) in [5.74, 6) is 0.878. The highest BCUT2D eigenvalue weighted by atomic mass is 32.2. The molecule has 1 aliphatic carbocycles. The van der Waals surface area contributed by atoms with Crippen LogP contribution in [-0.4, -0.2) is 59.6 Å². The molecule has 3 aromatic rings. The van der Waals surface area contributed by atoms with E-state index >= 15 is 0 Å². The van der Waals surface area contributed by atoms with Crippen LogP contribution in [0.3, 0.4) is 0 Å². The van der Waals surface area contributed by atoms with E-state index in [9.17, 15) is 14.7 Å². The van der Waals surface area contributed by atoms with Gasteiger partial charge in [-0.25, -0.2) is 4.79 Å². The summed E-state index contributed by atoms with van der Waals surface area (Å²) in [5.41, 5.74) is 4.44. The van der Waals surface area contributed by atoms with Crippen molar-refractivity contribution in [1.29, 1.82) is 0 Å². The van der Waals surface area contributed by atoms with Crippen LogP contribution >= 0.6 is 11.8 Å². The third-order valence-electron chi connectivity index (χ3n) is 8.55. The molecule has 0 unspecified atom stereocenters. The lowest BCUT2D eigenvalue weighted by Gasteiger charge is -2.33. The van der Waals surface area contributed by atoms with Crippen LogP contribution in [0.1, 0.15) is 66.4 Å². The average Bonchev–Trinajstić information content (AvgIpc) is 3.02. The van der Waals surface area contributed by atoms with Gasteiger partial charge in [0, 0.05) is 18.2 Å². The molecule has 6 nitrogen and oxygen atoms in total. The number of carboxylic acids is 1. The number of carbonyl (C=O) groups excluding carboxylic acids is 1. The third-order valence-corrected chi connectivity index (χ3v) is 9.19. The number of thioether (sulfide) groups is 1. The Bertz CT molecular complexity index is 1330. The second-order valence-corrected chi connectivity index (χ2v) is 12.8. The number of hydrogen-bond donors (Lipinski definition) is 2. The quantitative estimate of drug-likeness (QED) is 0.188. The molecule has 0 saturated heterocycles. The molecule has 230 valence electrons. The molecule has 2 atom stereocenters. The standard InChI is InChI=1S/C36H46N2O4S/c1-26-12-10-11-17-31(26)33-23-28(18-19-32(33)35(39)37-34(36(40)41)20-21-43-3)24-38(2)29(22-27-13-6-4-7-14-27)25-42-30-15-8-5-9-16-30/h5,8-12,15-19,23,27,29,34H,4,6-7,13-14,20-22,24-25H2,1-3H3,(H,37,39)(H,40,41)/t29-,34+/m1/s1. The van der Waals surface area contributed by atoms with Gasteiger partial charge in [0.15, 0.2) is 0 Å². The van der Waals surface area contributed by atoms with Gasteiger partial charge in [0.2, 0.25) is 0 Å². The van der Waals surface area contributed by atoms with E-state index < -0.39 is 12.0 Å². The number of likely N-dealkylation sites (N-methyl/N-ethyl adjacent to an activating group) is 1. The summed E-state index contributed by atoms with van der Waals surface area (Å²) in [6.45, 7) is 3.37. The Morgan fingerprint density at radius 3 is 2.42 bits per heavy atom. The Kier molecular flexibility index (Phi) is 12.5. The zero-order valence-electron chi connectivity index (χ0n) is 25.8. The number of benzene rings is 3. The molecule has 7 heteroatoms. The van der Waals surface area contributed by atoms with Crippen molar-refractivity contribution in [1.82, 2.24) is 10.2 Å². The summed E-state index contributed by atoms with van der Waals surface area (Å²) < 4.78 is 6.27. The molecule has 1 fully saturated rings. The summed E-state index contributed by atoms with van der Waals surface area (Å²) in [6, 6.07) is 23.3. The minimum atomic E-state index is -1.01. The smallest absolute Gasteiger partial charge is 0.326 e. The number of carbonyl (C=O) groups is 2. The predicted octanol–water partition coefficient (Wildman–Crippen LogP) is 7.45. The average molecular weight is 603 g/mol. The Morgan fingerprint density at radius 2 is 1.72 bits per heavy atom. The van der Waals surface area contributed by atoms with Gasteiger partial charge in [0.25, 0.3) is 5.91 Å². The maximum atomic E-state index is 13.5. The van der Waals surface area contributed by atoms with E-state index in [-0.39, 0.29) is 11.9 Å². The molecule has 0 heterocycles. The number of aliphatic carboxylic acids is 1. The van der Waals surface area contributed by atoms with Crippen molar-refractivity contribution in [2.45, 2.75) is 70.5 Å². The number of carboxylic acid groups (broad SMARTS) is 1. The van der Waals surface area contributed by atoms with Crippen molar-refractivity contribution in [3.05, 3.63) is 89.5 Å². The molecule has 1 amide bonds. The highest BCUT2D eigenvalue weighted by Gasteiger charge is 2.25. The van der Waals surface area contributed by atoms with Gasteiger partial charge in [-0.15, -0.1) is 0 Å². The lowest BCUT2D eigenvalue weighted by Crippen LogP contribution is -2.41. The number of amides is 1. The number of nitrogens with zero attached hydrogens (tertiary/aromatic N) is 1. The molecule has 0 aliphatic heterocycles. The molecule has 2 N–H and O–H groups in total. The highest BCUT2D eigenvalue weighted by Crippen LogP contribution is 2.31. The molecule has 0 spiro atoms. The maximum absolute atomic E-state index is 13.5. The van der Waals surface area contributed by atoms with Gasteiger partial charge in [0.05, 0.1) is 0 Å². The SMILES string of the molecule is CSCC[C@H](NC(=O)c1ccc(CN(C)[C@@H](COc2ccccc2)CC2CCCCC2)cc1-c1ccccc1C)C(=O)O. The molecular weight excluding hydrogens is 556 g/mol. The molecule has 1 aliphatic rings. The molecule has 43 heavy (non-hydrogen) atoms. The predicted molar refractivity (Wildman–Crippen MR) is 177 cm³/mol. The fourth-order valence-corrected chi connectivity index (χ4v) is 6.50. The number of ether oxygens (including phenoxy) is 1. The van der Waals surface area contributed by atoms with E-state index in [0.29, 0.717) is 36.8 Å². The van der Waals surface area contributed by atoms with E-state index in [1.54, 1.807) is 11.8 Å². The van der Waals surface area contributed by atoms with E-state index in [2.05, 4.69) is 23.3 Å². The van der Waals surface area contributed by atoms with Gasteiger partial charge in [-0.1, -0.05) is 80.6 Å². The Balaban J connectivity index is 1.58. The second-order valence-electron chi connectivity index (χ2n) is 11.8. The highest BCUT2D eigenvalue weighted by molar-refractivity contribution is 7.98. The van der Waals surface area contributed by atoms with Gasteiger partial charge in [0.1, 0.15) is 18.4 Å². The first-order valence-corrected chi connectivity index (χ1v) is 16.8. The summed E-state index contributed by atoms with van der Waals surface area (Å²) in [4.78, 5) is 27.8. The van der Waals surface area contributed by atoms with Crippen molar-refractivity contribution < 1.29 is 19.4 Å². The van der Waals surface area contributed by atoms with E-state index in [1.165, 1.54) is 32.1 Å². The molecule has 0 aromatic heterocycles. The monoisotopic (exact) mass is 602 g/mol. The first-order valence-electron chi connectivity index (χ1n) is 15.4. The topological polar surface area (TPSA) is 78.9 Å². The van der Waals surface area contributed by atoms with Crippen molar-refractivity contribution in [3.8, 4) is 16.9 Å². The van der Waals surface area contributed by atoms with Crippen LogP contribution in [0.25, 0.3) is 11.1 Å². The van der Waals surface area contributed by atoms with Crippen LogP contribution in [0.15, 0.2) is 72.8 Å². The molecule has 4 rings (SSSR count). The van der Waals surface area contributed by atoms with Crippen LogP contribution in [-0.2, 0) is 11.3 Å². The number of para-hydroxylation sites is 1. The summed E-state index contributed by atoms with van der Waals surface area (Å²) >= 11 is 1.57. The van der Waals surface area contributed by atoms with Crippen LogP contribution < -0.4 is 10.1 Å². The summed E-state index contributed by atoms with van der Waals surface area (Å²) in [6.07, 6.45) is 9.92. The van der Waals surface area contributed by atoms with Gasteiger partial charge < -0.3 is 15.2 Å². The zero-order chi connectivity index (χ0) is 30.6. The fourth-order valence-electron chi connectivity index (χ4n) is 6.02. The largest absolute Gasteiger partial charge is 0.492 e. The molecule has 0 radical (unpaired) electrons. The number of aryl methyl sites for hydroxylation is 1. The van der Waals surface area contributed by atoms with Crippen LogP contribution in [0.4, 0.5) is 0 Å². The third kappa shape index (κ3) is 9.60. The second kappa shape index (κ2) is 16.5. The molecular formula is C36H46N2O4S. The van der Waals surface area contributed by atoms with E-state index in [0.717, 1.165) is 34.4 Å². The molecule has 1 saturated carbocycles. The summed E-state index contributed by atoms with van der Waals surface area (Å²) in [5, 5.41) is 12.5. The molecule has 3 aromatic carbocycles. The minimum absolute atomic E-state index is 0.251. The van der Waals surface area contributed by atoms with Gasteiger partial charge in [-0.05, 0) is 91.3 Å². The minimum Gasteiger partial charge on any atom is -0.492 e. The Labute approximate surface area is 261 Å². The molecule has 0 bridgehead atoms. The lowest BCUT2D eigenvalue weighted by molar-refractivity contribution is -0.139. The van der Waals surface area contributed by atoms with Crippen LogP contribution in [0, 0.1) is 12.8 Å². The number of hydrogen-bond acceptors (Lipinski definition) is 5. The normalized spacial score (nSPS) is 15.2. The zero-order valence-corrected chi connectivity index (χ0v) is 26.6. The number of nitrogens with one attached hydrogen (secondary N) is 1.